The van der Waals surface area contributed by atoms with E-state index in [-0.39, 0.29) is 11.5 Å². The first kappa shape index (κ1) is 14.3. The molecule has 0 N–H and O–H groups in total. The normalized spacial score (nSPS) is 9.83. The Bertz CT molecular complexity index is 473. The first-order valence-electron chi connectivity index (χ1n) is 5.15. The second kappa shape index (κ2) is 5.73. The first-order valence-corrected chi connectivity index (χ1v) is 5.53. The predicted molar refractivity (Wildman–Crippen MR) is 68.4 cm³/mol. The molecule has 0 aliphatic carbocycles. The van der Waals surface area contributed by atoms with Crippen molar-refractivity contribution in [1.29, 1.82) is 0 Å². The molecular weight excluding hydrogens is 258 g/mol. The minimum absolute atomic E-state index is 0.246. The van der Waals surface area contributed by atoms with E-state index in [1.807, 2.05) is 0 Å². The minimum atomic E-state index is -0.412. The number of nitrogens with zero attached hydrogens (tertiary/aromatic N) is 1. The summed E-state index contributed by atoms with van der Waals surface area (Å²) in [6, 6.07) is 3.07. The van der Waals surface area contributed by atoms with Gasteiger partial charge < -0.3 is 9.47 Å². The van der Waals surface area contributed by atoms with E-state index in [2.05, 4.69) is 0 Å². The first-order chi connectivity index (χ1) is 8.43. The van der Waals surface area contributed by atoms with E-state index in [1.165, 1.54) is 40.2 Å². The lowest BCUT2D eigenvalue weighted by molar-refractivity contribution is -0.124. The highest BCUT2D eigenvalue weighted by molar-refractivity contribution is 6.32. The van der Waals surface area contributed by atoms with Gasteiger partial charge in [-0.25, -0.2) is 4.90 Å². The summed E-state index contributed by atoms with van der Waals surface area (Å²) in [5, 5.41) is 0.338. The van der Waals surface area contributed by atoms with Crippen LogP contribution in [0.15, 0.2) is 12.1 Å². The third-order valence-electron chi connectivity index (χ3n) is 2.32. The number of imide groups is 1. The van der Waals surface area contributed by atoms with E-state index in [1.54, 1.807) is 0 Å². The van der Waals surface area contributed by atoms with Gasteiger partial charge in [0, 0.05) is 13.8 Å². The number of amides is 2. The molecule has 98 valence electrons. The Morgan fingerprint density at radius 1 is 1.06 bits per heavy atom. The van der Waals surface area contributed by atoms with Crippen molar-refractivity contribution in [3.63, 3.8) is 0 Å². The monoisotopic (exact) mass is 271 g/mol. The number of ether oxygens (including phenoxy) is 2. The van der Waals surface area contributed by atoms with Gasteiger partial charge in [-0.05, 0) is 12.1 Å². The van der Waals surface area contributed by atoms with Crippen molar-refractivity contribution in [2.24, 2.45) is 0 Å². The molecular formula is C12H14ClNO4. The molecule has 1 aromatic carbocycles. The number of hydrogen-bond donors (Lipinski definition) is 0. The Balaban J connectivity index is 3.48. The average Bonchev–Trinajstić information content (AvgIpc) is 2.29. The largest absolute Gasteiger partial charge is 0.491 e. The number of carbonyl (C=O) groups excluding carboxylic acids is 2. The Morgan fingerprint density at radius 2 is 1.56 bits per heavy atom. The lowest BCUT2D eigenvalue weighted by Crippen LogP contribution is -2.33. The van der Waals surface area contributed by atoms with E-state index in [0.717, 1.165) is 4.90 Å². The lowest BCUT2D eigenvalue weighted by atomic mass is 10.2. The summed E-state index contributed by atoms with van der Waals surface area (Å²) < 4.78 is 10.3. The summed E-state index contributed by atoms with van der Waals surface area (Å²) in [7, 11) is 2.84. The summed E-state index contributed by atoms with van der Waals surface area (Å²) in [5.74, 6) is -0.296. The molecule has 0 bridgehead atoms. The Labute approximate surface area is 110 Å². The quantitative estimate of drug-likeness (QED) is 0.846. The molecule has 0 saturated heterocycles. The molecule has 0 aliphatic heterocycles. The molecule has 0 radical (unpaired) electrons. The summed E-state index contributed by atoms with van der Waals surface area (Å²) in [4.78, 5) is 24.0. The molecule has 1 aromatic rings. The van der Waals surface area contributed by atoms with Crippen molar-refractivity contribution >= 4 is 29.1 Å². The minimum Gasteiger partial charge on any atom is -0.491 e. The molecule has 0 spiro atoms. The van der Waals surface area contributed by atoms with Gasteiger partial charge in [0.1, 0.15) is 0 Å². The van der Waals surface area contributed by atoms with Crippen molar-refractivity contribution < 1.29 is 19.1 Å². The summed E-state index contributed by atoms with van der Waals surface area (Å²) in [5.41, 5.74) is 0.304. The van der Waals surface area contributed by atoms with E-state index in [9.17, 15) is 9.59 Å². The fraction of sp³-hybridized carbons (Fsp3) is 0.333. The van der Waals surface area contributed by atoms with Crippen molar-refractivity contribution in [2.75, 3.05) is 19.1 Å². The third kappa shape index (κ3) is 2.56. The van der Waals surface area contributed by atoms with Crippen molar-refractivity contribution in [2.45, 2.75) is 13.8 Å². The Morgan fingerprint density at radius 3 is 1.94 bits per heavy atom. The lowest BCUT2D eigenvalue weighted by Gasteiger charge is -2.21. The Kier molecular flexibility index (Phi) is 4.55. The van der Waals surface area contributed by atoms with Crippen LogP contribution in [0.3, 0.4) is 0 Å². The SMILES string of the molecule is COc1c(Cl)ccc(N(C(C)=O)C(C)=O)c1OC. The van der Waals surface area contributed by atoms with Gasteiger partial charge in [0.2, 0.25) is 11.8 Å². The fourth-order valence-electron chi connectivity index (χ4n) is 1.65. The molecule has 18 heavy (non-hydrogen) atoms. The van der Waals surface area contributed by atoms with Crippen LogP contribution in [-0.2, 0) is 9.59 Å². The summed E-state index contributed by atoms with van der Waals surface area (Å²) >= 11 is 5.95. The molecule has 0 aromatic heterocycles. The second-order valence-electron chi connectivity index (χ2n) is 3.51. The molecule has 6 heteroatoms. The van der Waals surface area contributed by atoms with Gasteiger partial charge in [0.15, 0.2) is 11.5 Å². The molecule has 2 amide bonds. The average molecular weight is 272 g/mol. The summed E-state index contributed by atoms with van der Waals surface area (Å²) in [6.07, 6.45) is 0. The zero-order chi connectivity index (χ0) is 13.9. The highest BCUT2D eigenvalue weighted by atomic mass is 35.5. The van der Waals surface area contributed by atoms with E-state index >= 15 is 0 Å². The molecule has 0 unspecified atom stereocenters. The summed E-state index contributed by atoms with van der Waals surface area (Å²) in [6.45, 7) is 2.59. The number of carbonyl (C=O) groups is 2. The standard InChI is InChI=1S/C12H14ClNO4/c1-7(15)14(8(2)16)10-6-5-9(13)11(17-3)12(10)18-4/h5-6H,1-4H3. The van der Waals surface area contributed by atoms with Gasteiger partial charge in [0.25, 0.3) is 0 Å². The number of methoxy groups -OCH3 is 2. The molecule has 0 saturated carbocycles. The van der Waals surface area contributed by atoms with Crippen LogP contribution in [0.1, 0.15) is 13.8 Å². The zero-order valence-electron chi connectivity index (χ0n) is 10.6. The van der Waals surface area contributed by atoms with Gasteiger partial charge in [0.05, 0.1) is 24.9 Å². The topological polar surface area (TPSA) is 55.8 Å². The van der Waals surface area contributed by atoms with Gasteiger partial charge >= 0.3 is 0 Å². The maximum atomic E-state index is 11.5. The van der Waals surface area contributed by atoms with E-state index in [0.29, 0.717) is 10.7 Å². The van der Waals surface area contributed by atoms with E-state index in [4.69, 9.17) is 21.1 Å². The smallest absolute Gasteiger partial charge is 0.230 e. The van der Waals surface area contributed by atoms with Gasteiger partial charge in [-0.3, -0.25) is 9.59 Å². The van der Waals surface area contributed by atoms with E-state index < -0.39 is 11.8 Å². The number of benzene rings is 1. The van der Waals surface area contributed by atoms with Crippen molar-refractivity contribution in [3.8, 4) is 11.5 Å². The van der Waals surface area contributed by atoms with Crippen LogP contribution < -0.4 is 14.4 Å². The molecule has 5 nitrogen and oxygen atoms in total. The van der Waals surface area contributed by atoms with Crippen LogP contribution in [0.25, 0.3) is 0 Å². The predicted octanol–water partition coefficient (Wildman–Crippen LogP) is 2.26. The molecule has 0 aliphatic rings. The second-order valence-corrected chi connectivity index (χ2v) is 3.91. The molecule has 0 heterocycles. The van der Waals surface area contributed by atoms with Crippen LogP contribution in [0.2, 0.25) is 5.02 Å². The third-order valence-corrected chi connectivity index (χ3v) is 2.62. The number of rotatable bonds is 3. The number of halogens is 1. The maximum Gasteiger partial charge on any atom is 0.230 e. The zero-order valence-corrected chi connectivity index (χ0v) is 11.4. The van der Waals surface area contributed by atoms with Crippen LogP contribution in [0.5, 0.6) is 11.5 Å². The van der Waals surface area contributed by atoms with Gasteiger partial charge in [-0.15, -0.1) is 0 Å². The maximum absolute atomic E-state index is 11.5. The molecule has 0 atom stereocenters. The highest BCUT2D eigenvalue weighted by Crippen LogP contribution is 2.42. The van der Waals surface area contributed by atoms with Crippen molar-refractivity contribution in [3.05, 3.63) is 17.2 Å². The van der Waals surface area contributed by atoms with Crippen LogP contribution >= 0.6 is 11.6 Å². The fourth-order valence-corrected chi connectivity index (χ4v) is 1.88. The van der Waals surface area contributed by atoms with Crippen molar-refractivity contribution in [1.82, 2.24) is 0 Å². The van der Waals surface area contributed by atoms with Crippen LogP contribution in [0, 0.1) is 0 Å². The van der Waals surface area contributed by atoms with Gasteiger partial charge in [-0.2, -0.15) is 0 Å². The van der Waals surface area contributed by atoms with Gasteiger partial charge in [-0.1, -0.05) is 11.6 Å². The Hall–Kier alpha value is -1.75. The van der Waals surface area contributed by atoms with Crippen LogP contribution in [0.4, 0.5) is 5.69 Å². The molecule has 1 rings (SSSR count). The van der Waals surface area contributed by atoms with Crippen LogP contribution in [-0.4, -0.2) is 26.0 Å². The highest BCUT2D eigenvalue weighted by Gasteiger charge is 2.24. The number of hydrogen-bond acceptors (Lipinski definition) is 4. The number of anilines is 1. The molecule has 0 fully saturated rings.